The molecule has 0 saturated heterocycles. The van der Waals surface area contributed by atoms with Crippen LogP contribution in [0, 0.1) is 7.43 Å². The molecule has 0 unspecified atom stereocenters. The first-order chi connectivity index (χ1) is 7.45. The van der Waals surface area contributed by atoms with Crippen LogP contribution < -0.4 is 0 Å². The molecule has 0 aromatic heterocycles. The number of hydrogen-bond acceptors (Lipinski definition) is 1. The van der Waals surface area contributed by atoms with Crippen molar-refractivity contribution >= 4 is 18.6 Å². The molecule has 0 radical (unpaired) electrons. The molecule has 0 heterocycles. The van der Waals surface area contributed by atoms with Crippen molar-refractivity contribution in [1.82, 2.24) is 0 Å². The molecule has 1 aromatic carbocycles. The molecule has 0 fully saturated rings. The van der Waals surface area contributed by atoms with E-state index in [1.807, 2.05) is 18.2 Å². The average Bonchev–Trinajstić information content (AvgIpc) is 2.18. The Morgan fingerprint density at radius 2 is 1.29 bits per heavy atom. The van der Waals surface area contributed by atoms with E-state index < -0.39 is 17.0 Å². The zero-order chi connectivity index (χ0) is 12.7. The first-order valence-corrected chi connectivity index (χ1v) is 9.53. The van der Waals surface area contributed by atoms with Crippen molar-refractivity contribution in [3.63, 3.8) is 0 Å². The molecule has 17 heavy (non-hydrogen) atoms. The molecule has 4 heteroatoms. The van der Waals surface area contributed by atoms with Gasteiger partial charge in [-0.1, -0.05) is 45.9 Å². The van der Waals surface area contributed by atoms with Crippen molar-refractivity contribution in [2.45, 2.75) is 39.5 Å². The minimum atomic E-state index is -0.556. The Morgan fingerprint density at radius 3 is 1.53 bits per heavy atom. The number of phenolic OH excluding ortho intramolecular Hbond substituents is 1. The molecule has 1 aromatic rings. The third-order valence-corrected chi connectivity index (χ3v) is 2.34. The third kappa shape index (κ3) is 6.71. The van der Waals surface area contributed by atoms with Gasteiger partial charge in [-0.2, -0.15) is 0 Å². The van der Waals surface area contributed by atoms with Crippen LogP contribution in [-0.2, 0) is 17.0 Å². The summed E-state index contributed by atoms with van der Waals surface area (Å²) in [7, 11) is 9.78. The van der Waals surface area contributed by atoms with Gasteiger partial charge in [-0.05, 0) is 23.0 Å². The molecule has 98 valence electrons. The van der Waals surface area contributed by atoms with Crippen LogP contribution >= 0.6 is 18.6 Å². The van der Waals surface area contributed by atoms with Gasteiger partial charge >= 0.3 is 35.6 Å². The SMILES string of the molecule is CC(C)c1cccc(C(C)C)c1O.[CH3-].[Cl][Ti][Cl]. The fraction of sp³-hybridized carbons (Fsp3) is 0.462. The number of benzene rings is 1. The van der Waals surface area contributed by atoms with Gasteiger partial charge in [-0.25, -0.2) is 0 Å². The predicted octanol–water partition coefficient (Wildman–Crippen LogP) is 5.47. The molecular weight excluding hydrogens is 291 g/mol. The van der Waals surface area contributed by atoms with E-state index in [0.717, 1.165) is 11.1 Å². The monoisotopic (exact) mass is 311 g/mol. The van der Waals surface area contributed by atoms with Gasteiger partial charge in [0.2, 0.25) is 0 Å². The first kappa shape index (κ1) is 19.6. The van der Waals surface area contributed by atoms with Crippen LogP contribution in [0.5, 0.6) is 5.75 Å². The molecule has 0 saturated carbocycles. The topological polar surface area (TPSA) is 20.2 Å². The molecule has 0 spiro atoms. The summed E-state index contributed by atoms with van der Waals surface area (Å²) in [6.45, 7) is 8.39. The van der Waals surface area contributed by atoms with E-state index in [9.17, 15) is 5.11 Å². The number of phenols is 1. The van der Waals surface area contributed by atoms with Crippen LogP contribution in [0.4, 0.5) is 0 Å². The zero-order valence-electron chi connectivity index (χ0n) is 11.1. The molecule has 0 bridgehead atoms. The van der Waals surface area contributed by atoms with E-state index in [0.29, 0.717) is 17.6 Å². The molecule has 1 N–H and O–H groups in total. The van der Waals surface area contributed by atoms with Gasteiger partial charge in [0.1, 0.15) is 5.75 Å². The summed E-state index contributed by atoms with van der Waals surface area (Å²) in [6, 6.07) is 6.00. The second-order valence-electron chi connectivity index (χ2n) is 4.17. The number of rotatable bonds is 2. The van der Waals surface area contributed by atoms with E-state index in [1.54, 1.807) is 0 Å². The number of hydrogen-bond donors (Lipinski definition) is 1. The number of para-hydroxylation sites is 1. The summed E-state index contributed by atoms with van der Waals surface area (Å²) in [5.41, 5.74) is 2.09. The van der Waals surface area contributed by atoms with Crippen molar-refractivity contribution in [1.29, 1.82) is 0 Å². The third-order valence-electron chi connectivity index (χ3n) is 2.34. The predicted molar refractivity (Wildman–Crippen MR) is 74.4 cm³/mol. The van der Waals surface area contributed by atoms with E-state index in [1.165, 1.54) is 0 Å². The summed E-state index contributed by atoms with van der Waals surface area (Å²) in [6.07, 6.45) is 0. The molecular formula is C13H21Cl2OTi-. The summed E-state index contributed by atoms with van der Waals surface area (Å²) >= 11 is -0.556. The Morgan fingerprint density at radius 1 is 1.00 bits per heavy atom. The van der Waals surface area contributed by atoms with Crippen molar-refractivity contribution in [3.8, 4) is 5.75 Å². The average molecular weight is 312 g/mol. The van der Waals surface area contributed by atoms with Crippen LogP contribution in [0.25, 0.3) is 0 Å². The summed E-state index contributed by atoms with van der Waals surface area (Å²) < 4.78 is 0. The maximum atomic E-state index is 9.93. The van der Waals surface area contributed by atoms with Crippen LogP contribution in [0.1, 0.15) is 50.7 Å². The zero-order valence-corrected chi connectivity index (χ0v) is 14.2. The minimum absolute atomic E-state index is 0. The molecule has 0 aliphatic rings. The van der Waals surface area contributed by atoms with Gasteiger partial charge in [0, 0.05) is 0 Å². The summed E-state index contributed by atoms with van der Waals surface area (Å²) in [5.74, 6) is 1.25. The Balaban J connectivity index is 0. The van der Waals surface area contributed by atoms with E-state index in [-0.39, 0.29) is 7.43 Å². The Labute approximate surface area is 122 Å². The van der Waals surface area contributed by atoms with E-state index in [4.69, 9.17) is 18.6 Å². The standard InChI is InChI=1S/C12H18O.CH3.2ClH.Ti/c1-8(2)10-6-5-7-11(9(3)4)12(10)13;;;;/h5-9,13H,1-4H3;1H3;2*1H;/q;-1;;;+2/p-2. The maximum absolute atomic E-state index is 9.93. The van der Waals surface area contributed by atoms with Crippen molar-refractivity contribution in [2.24, 2.45) is 0 Å². The molecule has 0 aliphatic heterocycles. The molecule has 0 atom stereocenters. The normalized spacial score (nSPS) is 9.41. The quantitative estimate of drug-likeness (QED) is 0.567. The van der Waals surface area contributed by atoms with Crippen LogP contribution in [-0.4, -0.2) is 5.11 Å². The van der Waals surface area contributed by atoms with Crippen LogP contribution in [0.2, 0.25) is 0 Å². The summed E-state index contributed by atoms with van der Waals surface area (Å²) in [4.78, 5) is 0. The Hall–Kier alpha value is 0.314. The summed E-state index contributed by atoms with van der Waals surface area (Å²) in [5, 5.41) is 9.93. The van der Waals surface area contributed by atoms with Crippen LogP contribution in [0.3, 0.4) is 0 Å². The van der Waals surface area contributed by atoms with Gasteiger partial charge in [-0.3, -0.25) is 0 Å². The van der Waals surface area contributed by atoms with Gasteiger partial charge in [0.15, 0.2) is 0 Å². The van der Waals surface area contributed by atoms with E-state index >= 15 is 0 Å². The number of halogens is 2. The first-order valence-electron chi connectivity index (χ1n) is 5.23. The molecule has 0 aliphatic carbocycles. The van der Waals surface area contributed by atoms with Gasteiger partial charge in [0.05, 0.1) is 0 Å². The van der Waals surface area contributed by atoms with Gasteiger partial charge < -0.3 is 12.5 Å². The molecule has 1 rings (SSSR count). The second-order valence-corrected chi connectivity index (χ2v) is 6.75. The van der Waals surface area contributed by atoms with Crippen molar-refractivity contribution in [2.75, 3.05) is 0 Å². The van der Waals surface area contributed by atoms with Crippen molar-refractivity contribution in [3.05, 3.63) is 36.8 Å². The van der Waals surface area contributed by atoms with E-state index in [2.05, 4.69) is 27.7 Å². The van der Waals surface area contributed by atoms with Gasteiger partial charge in [0.25, 0.3) is 0 Å². The molecule has 0 amide bonds. The number of aromatic hydroxyl groups is 1. The fourth-order valence-corrected chi connectivity index (χ4v) is 1.51. The van der Waals surface area contributed by atoms with Crippen LogP contribution in [0.15, 0.2) is 18.2 Å². The molecule has 1 nitrogen and oxygen atoms in total. The fourth-order valence-electron chi connectivity index (χ4n) is 1.51. The van der Waals surface area contributed by atoms with Gasteiger partial charge in [-0.15, -0.1) is 0 Å². The Kier molecular flexibility index (Phi) is 11.9. The second kappa shape index (κ2) is 10.3. The van der Waals surface area contributed by atoms with Crippen molar-refractivity contribution < 1.29 is 22.1 Å². The Bertz CT molecular complexity index is 288.